The third-order valence-corrected chi connectivity index (χ3v) is 3.92. The Hall–Kier alpha value is -3.15. The quantitative estimate of drug-likeness (QED) is 0.570. The number of amides is 1. The van der Waals surface area contributed by atoms with Crippen molar-refractivity contribution in [2.45, 2.75) is 33.3 Å². The van der Waals surface area contributed by atoms with Crippen molar-refractivity contribution in [3.05, 3.63) is 59.7 Å². The van der Waals surface area contributed by atoms with Gasteiger partial charge < -0.3 is 14.8 Å². The number of ether oxygens (including phenoxy) is 2. The predicted molar refractivity (Wildman–Crippen MR) is 102 cm³/mol. The van der Waals surface area contributed by atoms with Crippen LogP contribution >= 0.6 is 0 Å². The topological polar surface area (TPSA) is 81.7 Å². The summed E-state index contributed by atoms with van der Waals surface area (Å²) in [5.41, 5.74) is 2.24. The summed E-state index contributed by atoms with van der Waals surface area (Å²) in [6.07, 6.45) is -0.0528. The summed E-state index contributed by atoms with van der Waals surface area (Å²) < 4.78 is 10.4. The molecule has 6 nitrogen and oxygen atoms in total. The standard InChI is InChI=1S/C21H23NO5/c1-4-16-5-11-19(12-6-16)26-13-20(24)27-15(3)21(25)22-18-9-7-17(8-10-18)14(2)23/h5-12,15H,4,13H2,1-3H3,(H,22,25)/t15-/m0/s1. The maximum atomic E-state index is 12.1. The molecule has 0 saturated carbocycles. The number of rotatable bonds is 8. The van der Waals surface area contributed by atoms with Gasteiger partial charge in [-0.05, 0) is 62.2 Å². The Bertz CT molecular complexity index is 796. The monoisotopic (exact) mass is 369 g/mol. The number of esters is 1. The molecule has 0 radical (unpaired) electrons. The van der Waals surface area contributed by atoms with Crippen LogP contribution < -0.4 is 10.1 Å². The van der Waals surface area contributed by atoms with E-state index >= 15 is 0 Å². The van der Waals surface area contributed by atoms with Gasteiger partial charge in [-0.1, -0.05) is 19.1 Å². The predicted octanol–water partition coefficient (Wildman–Crippen LogP) is 3.40. The zero-order valence-electron chi connectivity index (χ0n) is 15.7. The van der Waals surface area contributed by atoms with Gasteiger partial charge in [0.1, 0.15) is 5.75 Å². The molecule has 142 valence electrons. The second-order valence-electron chi connectivity index (χ2n) is 6.04. The maximum absolute atomic E-state index is 12.1. The second kappa shape index (κ2) is 9.52. The van der Waals surface area contributed by atoms with Crippen LogP contribution in [0.2, 0.25) is 0 Å². The van der Waals surface area contributed by atoms with Gasteiger partial charge >= 0.3 is 5.97 Å². The molecule has 0 aliphatic carbocycles. The van der Waals surface area contributed by atoms with Gasteiger partial charge in [0.15, 0.2) is 18.5 Å². The van der Waals surface area contributed by atoms with Crippen molar-refractivity contribution in [1.82, 2.24) is 0 Å². The first-order chi connectivity index (χ1) is 12.9. The molecule has 6 heteroatoms. The summed E-state index contributed by atoms with van der Waals surface area (Å²) in [5, 5.41) is 2.63. The van der Waals surface area contributed by atoms with Crippen molar-refractivity contribution < 1.29 is 23.9 Å². The van der Waals surface area contributed by atoms with Gasteiger partial charge in [-0.3, -0.25) is 9.59 Å². The molecule has 0 aliphatic heterocycles. The second-order valence-corrected chi connectivity index (χ2v) is 6.04. The van der Waals surface area contributed by atoms with Crippen LogP contribution in [-0.4, -0.2) is 30.4 Å². The Morgan fingerprint density at radius 1 is 1.00 bits per heavy atom. The largest absolute Gasteiger partial charge is 0.482 e. The highest BCUT2D eigenvalue weighted by Crippen LogP contribution is 2.13. The van der Waals surface area contributed by atoms with Crippen molar-refractivity contribution in [1.29, 1.82) is 0 Å². The van der Waals surface area contributed by atoms with E-state index in [0.717, 1.165) is 6.42 Å². The molecule has 2 aromatic rings. The molecule has 0 saturated heterocycles. The molecule has 1 atom stereocenters. The Kier molecular flexibility index (Phi) is 7.11. The number of ketones is 1. The lowest BCUT2D eigenvalue weighted by atomic mass is 10.1. The van der Waals surface area contributed by atoms with Crippen molar-refractivity contribution in [3.8, 4) is 5.75 Å². The zero-order valence-corrected chi connectivity index (χ0v) is 15.7. The van der Waals surface area contributed by atoms with E-state index in [9.17, 15) is 14.4 Å². The average Bonchev–Trinajstić information content (AvgIpc) is 2.67. The summed E-state index contributed by atoms with van der Waals surface area (Å²) in [4.78, 5) is 35.2. The van der Waals surface area contributed by atoms with Crippen molar-refractivity contribution in [2.75, 3.05) is 11.9 Å². The summed E-state index contributed by atoms with van der Waals surface area (Å²) in [5.74, 6) is -0.596. The molecule has 0 unspecified atom stereocenters. The first kappa shape index (κ1) is 20.2. The number of aryl methyl sites for hydroxylation is 1. The minimum absolute atomic E-state index is 0.0560. The molecule has 0 aromatic heterocycles. The van der Waals surface area contributed by atoms with E-state index in [1.807, 2.05) is 12.1 Å². The van der Waals surface area contributed by atoms with Gasteiger partial charge in [-0.25, -0.2) is 4.79 Å². The molecule has 1 amide bonds. The molecule has 27 heavy (non-hydrogen) atoms. The van der Waals surface area contributed by atoms with E-state index in [-0.39, 0.29) is 12.4 Å². The molecular formula is C21H23NO5. The first-order valence-electron chi connectivity index (χ1n) is 8.72. The van der Waals surface area contributed by atoms with Crippen LogP contribution in [0.5, 0.6) is 5.75 Å². The highest BCUT2D eigenvalue weighted by Gasteiger charge is 2.18. The molecule has 0 aliphatic rings. The molecule has 0 heterocycles. The van der Waals surface area contributed by atoms with E-state index in [1.54, 1.807) is 36.4 Å². The highest BCUT2D eigenvalue weighted by atomic mass is 16.6. The number of Topliss-reactive ketones (excluding diaryl/α,β-unsaturated/α-hetero) is 1. The number of carbonyl (C=O) groups excluding carboxylic acids is 3. The van der Waals surface area contributed by atoms with Crippen LogP contribution in [-0.2, 0) is 20.7 Å². The van der Waals surface area contributed by atoms with Crippen molar-refractivity contribution >= 4 is 23.3 Å². The average molecular weight is 369 g/mol. The van der Waals surface area contributed by atoms with E-state index in [1.165, 1.54) is 19.4 Å². The molecular weight excluding hydrogens is 346 g/mol. The summed E-state index contributed by atoms with van der Waals surface area (Å²) in [7, 11) is 0. The van der Waals surface area contributed by atoms with Crippen LogP contribution in [0.15, 0.2) is 48.5 Å². The summed E-state index contributed by atoms with van der Waals surface area (Å²) in [6, 6.07) is 13.9. The maximum Gasteiger partial charge on any atom is 0.344 e. The lowest BCUT2D eigenvalue weighted by Gasteiger charge is -2.14. The van der Waals surface area contributed by atoms with Crippen LogP contribution in [0.25, 0.3) is 0 Å². The van der Waals surface area contributed by atoms with Crippen molar-refractivity contribution in [2.24, 2.45) is 0 Å². The minimum atomic E-state index is -0.976. The fourth-order valence-corrected chi connectivity index (χ4v) is 2.28. The number of hydrogen-bond donors (Lipinski definition) is 1. The van der Waals surface area contributed by atoms with Gasteiger partial charge in [0, 0.05) is 11.3 Å². The summed E-state index contributed by atoms with van der Waals surface area (Å²) in [6.45, 7) is 4.72. The molecule has 0 spiro atoms. The number of anilines is 1. The van der Waals surface area contributed by atoms with Gasteiger partial charge in [-0.15, -0.1) is 0 Å². The molecule has 1 N–H and O–H groups in total. The zero-order chi connectivity index (χ0) is 19.8. The highest BCUT2D eigenvalue weighted by molar-refractivity contribution is 5.97. The van der Waals surface area contributed by atoms with E-state index in [0.29, 0.717) is 17.0 Å². The van der Waals surface area contributed by atoms with Crippen molar-refractivity contribution in [3.63, 3.8) is 0 Å². The first-order valence-corrected chi connectivity index (χ1v) is 8.72. The van der Waals surface area contributed by atoms with Gasteiger partial charge in [0.2, 0.25) is 0 Å². The molecule has 0 bridgehead atoms. The Balaban J connectivity index is 1.80. The van der Waals surface area contributed by atoms with Crippen LogP contribution in [0.3, 0.4) is 0 Å². The number of nitrogens with one attached hydrogen (secondary N) is 1. The lowest BCUT2D eigenvalue weighted by molar-refractivity contribution is -0.155. The van der Waals surface area contributed by atoms with Gasteiger partial charge in [0.25, 0.3) is 5.91 Å². The fourth-order valence-electron chi connectivity index (χ4n) is 2.28. The molecule has 2 aromatic carbocycles. The SMILES string of the molecule is CCc1ccc(OCC(=O)O[C@@H](C)C(=O)Nc2ccc(C(C)=O)cc2)cc1. The normalized spacial score (nSPS) is 11.4. The third kappa shape index (κ3) is 6.26. The molecule has 2 rings (SSSR count). The number of carbonyl (C=O) groups is 3. The van der Waals surface area contributed by atoms with E-state index < -0.39 is 18.0 Å². The summed E-state index contributed by atoms with van der Waals surface area (Å²) >= 11 is 0. The smallest absolute Gasteiger partial charge is 0.344 e. The van der Waals surface area contributed by atoms with Crippen LogP contribution in [0.4, 0.5) is 5.69 Å². The van der Waals surface area contributed by atoms with Crippen LogP contribution in [0, 0.1) is 0 Å². The Morgan fingerprint density at radius 2 is 1.63 bits per heavy atom. The number of hydrogen-bond acceptors (Lipinski definition) is 5. The van der Waals surface area contributed by atoms with E-state index in [4.69, 9.17) is 9.47 Å². The van der Waals surface area contributed by atoms with Gasteiger partial charge in [0.05, 0.1) is 0 Å². The fraction of sp³-hybridized carbons (Fsp3) is 0.286. The van der Waals surface area contributed by atoms with E-state index in [2.05, 4.69) is 12.2 Å². The number of benzene rings is 2. The Morgan fingerprint density at radius 3 is 2.19 bits per heavy atom. The lowest BCUT2D eigenvalue weighted by Crippen LogP contribution is -2.31. The Labute approximate surface area is 158 Å². The third-order valence-electron chi connectivity index (χ3n) is 3.92. The molecule has 0 fully saturated rings. The van der Waals surface area contributed by atoms with Crippen LogP contribution in [0.1, 0.15) is 36.7 Å². The van der Waals surface area contributed by atoms with Gasteiger partial charge in [-0.2, -0.15) is 0 Å². The minimum Gasteiger partial charge on any atom is -0.482 e.